The van der Waals surface area contributed by atoms with Crippen LogP contribution in [0.25, 0.3) is 10.9 Å². The van der Waals surface area contributed by atoms with Crippen LogP contribution in [0.1, 0.15) is 11.3 Å². The molecule has 3 nitrogen and oxygen atoms in total. The van der Waals surface area contributed by atoms with Crippen LogP contribution in [-0.4, -0.2) is 16.1 Å². The van der Waals surface area contributed by atoms with Gasteiger partial charge in [0.2, 0.25) is 0 Å². The van der Waals surface area contributed by atoms with Crippen molar-refractivity contribution in [3.05, 3.63) is 66.1 Å². The fourth-order valence-electron chi connectivity index (χ4n) is 2.38. The first-order valence-corrected chi connectivity index (χ1v) is 6.54. The van der Waals surface area contributed by atoms with Crippen LogP contribution in [0.2, 0.25) is 0 Å². The van der Waals surface area contributed by atoms with Crippen LogP contribution in [0, 0.1) is 0 Å². The van der Waals surface area contributed by atoms with Crippen molar-refractivity contribution in [3.8, 4) is 0 Å². The minimum Gasteiger partial charge on any atom is -0.341 e. The smallest absolute Gasteiger partial charge is 0.0648 e. The first kappa shape index (κ1) is 11.9. The number of pyridine rings is 1. The summed E-state index contributed by atoms with van der Waals surface area (Å²) >= 11 is 0. The lowest BCUT2D eigenvalue weighted by molar-refractivity contribution is 0.807. The maximum absolute atomic E-state index is 5.60. The van der Waals surface area contributed by atoms with Crippen LogP contribution in [0.3, 0.4) is 0 Å². The predicted molar refractivity (Wildman–Crippen MR) is 78.0 cm³/mol. The highest BCUT2D eigenvalue weighted by Gasteiger charge is 2.03. The highest BCUT2D eigenvalue weighted by Crippen LogP contribution is 2.18. The minimum atomic E-state index is 0.695. The van der Waals surface area contributed by atoms with E-state index in [4.69, 9.17) is 5.73 Å². The summed E-state index contributed by atoms with van der Waals surface area (Å²) < 4.78 is 2.23. The van der Waals surface area contributed by atoms with Gasteiger partial charge in [0.15, 0.2) is 0 Å². The topological polar surface area (TPSA) is 43.8 Å². The Bertz CT molecular complexity index is 671. The van der Waals surface area contributed by atoms with Gasteiger partial charge in [-0.15, -0.1) is 0 Å². The molecule has 19 heavy (non-hydrogen) atoms. The predicted octanol–water partition coefficient (Wildman–Crippen LogP) is 2.59. The number of rotatable bonds is 4. The van der Waals surface area contributed by atoms with Gasteiger partial charge in [0.05, 0.1) is 12.2 Å². The van der Waals surface area contributed by atoms with Crippen molar-refractivity contribution in [2.24, 2.45) is 5.73 Å². The summed E-state index contributed by atoms with van der Waals surface area (Å²) in [6, 6.07) is 14.7. The van der Waals surface area contributed by atoms with E-state index in [2.05, 4.69) is 46.1 Å². The van der Waals surface area contributed by atoms with E-state index < -0.39 is 0 Å². The molecule has 0 aliphatic heterocycles. The Kier molecular flexibility index (Phi) is 3.29. The van der Waals surface area contributed by atoms with Gasteiger partial charge in [-0.3, -0.25) is 4.98 Å². The van der Waals surface area contributed by atoms with Crippen molar-refractivity contribution in [1.82, 2.24) is 9.55 Å². The molecule has 0 saturated carbocycles. The molecule has 2 aromatic heterocycles. The zero-order valence-electron chi connectivity index (χ0n) is 10.8. The molecule has 0 bridgehead atoms. The summed E-state index contributed by atoms with van der Waals surface area (Å²) in [5.74, 6) is 0. The van der Waals surface area contributed by atoms with Gasteiger partial charge in [-0.05, 0) is 54.2 Å². The van der Waals surface area contributed by atoms with E-state index in [-0.39, 0.29) is 0 Å². The molecular formula is C16H17N3. The number of nitrogens with zero attached hydrogens (tertiary/aromatic N) is 2. The Morgan fingerprint density at radius 1 is 1.11 bits per heavy atom. The normalized spacial score (nSPS) is 11.0. The summed E-state index contributed by atoms with van der Waals surface area (Å²) in [6.07, 6.45) is 4.88. The third kappa shape index (κ3) is 2.51. The Morgan fingerprint density at radius 3 is 2.84 bits per heavy atom. The molecule has 3 aromatic rings. The van der Waals surface area contributed by atoms with Gasteiger partial charge in [0.1, 0.15) is 0 Å². The third-order valence-electron chi connectivity index (χ3n) is 3.33. The van der Waals surface area contributed by atoms with Gasteiger partial charge in [-0.1, -0.05) is 12.1 Å². The van der Waals surface area contributed by atoms with Gasteiger partial charge in [-0.2, -0.15) is 0 Å². The van der Waals surface area contributed by atoms with Crippen molar-refractivity contribution in [1.29, 1.82) is 0 Å². The molecule has 0 aliphatic rings. The van der Waals surface area contributed by atoms with E-state index in [9.17, 15) is 0 Å². The SMILES string of the molecule is NCCc1ccc2c(ccn2Cc2ccccn2)c1. The highest BCUT2D eigenvalue weighted by molar-refractivity contribution is 5.81. The zero-order chi connectivity index (χ0) is 13.1. The molecule has 0 aliphatic carbocycles. The van der Waals surface area contributed by atoms with Crippen molar-refractivity contribution >= 4 is 10.9 Å². The standard InChI is InChI=1S/C16H17N3/c17-8-6-13-4-5-16-14(11-13)7-10-19(16)12-15-3-1-2-9-18-15/h1-5,7,9-11H,6,8,12,17H2. The molecule has 0 atom stereocenters. The van der Waals surface area contributed by atoms with Gasteiger partial charge in [-0.25, -0.2) is 0 Å². The maximum Gasteiger partial charge on any atom is 0.0648 e. The molecule has 3 rings (SSSR count). The summed E-state index contributed by atoms with van der Waals surface area (Å²) in [7, 11) is 0. The second-order valence-electron chi connectivity index (χ2n) is 4.70. The van der Waals surface area contributed by atoms with E-state index in [1.165, 1.54) is 16.5 Å². The molecule has 2 heterocycles. The van der Waals surface area contributed by atoms with E-state index in [0.717, 1.165) is 18.7 Å². The largest absolute Gasteiger partial charge is 0.341 e. The van der Waals surface area contributed by atoms with Crippen molar-refractivity contribution in [2.75, 3.05) is 6.54 Å². The minimum absolute atomic E-state index is 0.695. The Morgan fingerprint density at radius 2 is 2.05 bits per heavy atom. The Labute approximate surface area is 112 Å². The number of aromatic nitrogens is 2. The number of hydrogen-bond acceptors (Lipinski definition) is 2. The average Bonchev–Trinajstić information content (AvgIpc) is 2.83. The van der Waals surface area contributed by atoms with E-state index in [0.29, 0.717) is 6.54 Å². The first-order chi connectivity index (χ1) is 9.36. The van der Waals surface area contributed by atoms with Crippen LogP contribution in [0.4, 0.5) is 0 Å². The monoisotopic (exact) mass is 251 g/mol. The molecule has 1 aromatic carbocycles. The molecule has 2 N–H and O–H groups in total. The summed E-state index contributed by atoms with van der Waals surface area (Å²) in [5, 5.41) is 1.27. The van der Waals surface area contributed by atoms with Crippen LogP contribution in [0.5, 0.6) is 0 Å². The Hall–Kier alpha value is -2.13. The van der Waals surface area contributed by atoms with Crippen molar-refractivity contribution < 1.29 is 0 Å². The first-order valence-electron chi connectivity index (χ1n) is 6.54. The second-order valence-corrected chi connectivity index (χ2v) is 4.70. The lowest BCUT2D eigenvalue weighted by Gasteiger charge is -2.05. The van der Waals surface area contributed by atoms with E-state index >= 15 is 0 Å². The molecule has 0 fully saturated rings. The molecule has 0 saturated heterocycles. The van der Waals surface area contributed by atoms with Crippen LogP contribution < -0.4 is 5.73 Å². The molecular weight excluding hydrogens is 234 g/mol. The molecule has 0 unspecified atom stereocenters. The molecule has 96 valence electrons. The average molecular weight is 251 g/mol. The number of benzene rings is 1. The number of hydrogen-bond donors (Lipinski definition) is 1. The maximum atomic E-state index is 5.60. The summed E-state index contributed by atoms with van der Waals surface area (Å²) in [6.45, 7) is 1.50. The van der Waals surface area contributed by atoms with Gasteiger partial charge in [0.25, 0.3) is 0 Å². The van der Waals surface area contributed by atoms with Crippen molar-refractivity contribution in [3.63, 3.8) is 0 Å². The summed E-state index contributed by atoms with van der Waals surface area (Å²) in [5.41, 5.74) is 9.21. The summed E-state index contributed by atoms with van der Waals surface area (Å²) in [4.78, 5) is 4.37. The number of nitrogens with two attached hydrogens (primary N) is 1. The highest BCUT2D eigenvalue weighted by atomic mass is 15.0. The molecule has 3 heteroatoms. The zero-order valence-corrected chi connectivity index (χ0v) is 10.8. The van der Waals surface area contributed by atoms with Gasteiger partial charge in [0, 0.05) is 17.9 Å². The third-order valence-corrected chi connectivity index (χ3v) is 3.33. The fourth-order valence-corrected chi connectivity index (χ4v) is 2.38. The number of fused-ring (bicyclic) bond motifs is 1. The quantitative estimate of drug-likeness (QED) is 0.774. The van der Waals surface area contributed by atoms with E-state index in [1.54, 1.807) is 0 Å². The lowest BCUT2D eigenvalue weighted by atomic mass is 10.1. The molecule has 0 amide bonds. The second kappa shape index (κ2) is 5.24. The van der Waals surface area contributed by atoms with E-state index in [1.807, 2.05) is 18.3 Å². The Balaban J connectivity index is 1.93. The lowest BCUT2D eigenvalue weighted by Crippen LogP contribution is -2.03. The van der Waals surface area contributed by atoms with Crippen LogP contribution in [-0.2, 0) is 13.0 Å². The molecule has 0 spiro atoms. The van der Waals surface area contributed by atoms with Gasteiger partial charge < -0.3 is 10.3 Å². The van der Waals surface area contributed by atoms with Crippen LogP contribution in [0.15, 0.2) is 54.9 Å². The van der Waals surface area contributed by atoms with Gasteiger partial charge >= 0.3 is 0 Å². The van der Waals surface area contributed by atoms with Crippen LogP contribution >= 0.6 is 0 Å². The molecule has 0 radical (unpaired) electrons. The fraction of sp³-hybridized carbons (Fsp3) is 0.188. The van der Waals surface area contributed by atoms with Crippen molar-refractivity contribution in [2.45, 2.75) is 13.0 Å².